The molecule has 1 aromatic heterocycles. The van der Waals surface area contributed by atoms with Crippen molar-refractivity contribution in [2.24, 2.45) is 0 Å². The summed E-state index contributed by atoms with van der Waals surface area (Å²) in [5, 5.41) is 12.5. The zero-order valence-corrected chi connectivity index (χ0v) is 19.9. The van der Waals surface area contributed by atoms with Gasteiger partial charge in [-0.2, -0.15) is 0 Å². The number of nitrogens with zero attached hydrogens (tertiary/aromatic N) is 3. The first kappa shape index (κ1) is 23.5. The Kier molecular flexibility index (Phi) is 7.53. The van der Waals surface area contributed by atoms with E-state index in [1.165, 1.54) is 23.5 Å². The highest BCUT2D eigenvalue weighted by Gasteiger charge is 2.21. The predicted molar refractivity (Wildman–Crippen MR) is 127 cm³/mol. The van der Waals surface area contributed by atoms with Gasteiger partial charge in [0, 0.05) is 23.6 Å². The number of nitrogens with one attached hydrogen (secondary N) is 1. The number of anilines is 2. The summed E-state index contributed by atoms with van der Waals surface area (Å²) in [6, 6.07) is 12.5. The lowest BCUT2D eigenvalue weighted by molar-refractivity contribution is -0.116. The van der Waals surface area contributed by atoms with Gasteiger partial charge in [0.1, 0.15) is 5.01 Å². The number of carbonyl (C=O) groups excluding carboxylic acids is 1. The molecular weight excluding hydrogens is 479 g/mol. The Hall–Kier alpha value is -2.20. The van der Waals surface area contributed by atoms with Crippen LogP contribution in [0.3, 0.4) is 0 Å². The molecule has 0 radical (unpaired) electrons. The summed E-state index contributed by atoms with van der Waals surface area (Å²) < 4.78 is 25.6. The van der Waals surface area contributed by atoms with Gasteiger partial charge in [0.25, 0.3) is 0 Å². The van der Waals surface area contributed by atoms with E-state index in [1.807, 2.05) is 31.2 Å². The van der Waals surface area contributed by atoms with Gasteiger partial charge in [0.2, 0.25) is 21.1 Å². The molecule has 0 aliphatic carbocycles. The molecule has 3 aromatic rings. The summed E-state index contributed by atoms with van der Waals surface area (Å²) >= 11 is 13.4. The van der Waals surface area contributed by atoms with Crippen LogP contribution in [0.5, 0.6) is 0 Å². The van der Waals surface area contributed by atoms with Gasteiger partial charge in [0.15, 0.2) is 0 Å². The molecule has 2 aromatic carbocycles. The minimum Gasteiger partial charge on any atom is -0.301 e. The number of carbonyl (C=O) groups is 1. The molecule has 1 N–H and O–H groups in total. The van der Waals surface area contributed by atoms with Crippen LogP contribution in [0.2, 0.25) is 10.0 Å². The van der Waals surface area contributed by atoms with E-state index in [-0.39, 0.29) is 36.0 Å². The number of sulfonamides is 1. The van der Waals surface area contributed by atoms with Gasteiger partial charge < -0.3 is 5.32 Å². The fourth-order valence-electron chi connectivity index (χ4n) is 2.79. The molecule has 0 saturated carbocycles. The minimum absolute atomic E-state index is 0.0804. The molecule has 0 atom stereocenters. The van der Waals surface area contributed by atoms with E-state index in [0.717, 1.165) is 21.7 Å². The molecule has 0 aliphatic rings. The van der Waals surface area contributed by atoms with Crippen molar-refractivity contribution in [3.8, 4) is 10.6 Å². The van der Waals surface area contributed by atoms with Gasteiger partial charge in [-0.3, -0.25) is 9.10 Å². The number of hydrogen-bond acceptors (Lipinski definition) is 6. The van der Waals surface area contributed by atoms with E-state index in [1.54, 1.807) is 6.07 Å². The highest BCUT2D eigenvalue weighted by Crippen LogP contribution is 2.31. The molecule has 1 heterocycles. The summed E-state index contributed by atoms with van der Waals surface area (Å²) in [5.74, 6) is -0.280. The topological polar surface area (TPSA) is 92.3 Å². The molecule has 164 valence electrons. The Labute approximate surface area is 195 Å². The smallest absolute Gasteiger partial charge is 0.232 e. The predicted octanol–water partition coefficient (Wildman–Crippen LogP) is 5.01. The summed E-state index contributed by atoms with van der Waals surface area (Å²) in [4.78, 5) is 12.3. The van der Waals surface area contributed by atoms with Gasteiger partial charge in [-0.1, -0.05) is 64.4 Å². The van der Waals surface area contributed by atoms with Crippen LogP contribution in [-0.2, 0) is 14.8 Å². The molecule has 0 fully saturated rings. The second-order valence-corrected chi connectivity index (χ2v) is 10.6. The van der Waals surface area contributed by atoms with Crippen molar-refractivity contribution in [2.75, 3.05) is 22.4 Å². The number of benzene rings is 2. The first-order chi connectivity index (χ1) is 14.6. The lowest BCUT2D eigenvalue weighted by Gasteiger charge is -2.23. The first-order valence-corrected chi connectivity index (χ1v) is 12.7. The maximum atomic E-state index is 12.3. The molecule has 0 aliphatic heterocycles. The van der Waals surface area contributed by atoms with Crippen molar-refractivity contribution in [2.45, 2.75) is 19.8 Å². The lowest BCUT2D eigenvalue weighted by Crippen LogP contribution is -2.31. The summed E-state index contributed by atoms with van der Waals surface area (Å²) in [7, 11) is -3.61. The van der Waals surface area contributed by atoms with Crippen LogP contribution in [0.4, 0.5) is 10.8 Å². The van der Waals surface area contributed by atoms with Crippen molar-refractivity contribution in [3.05, 3.63) is 58.1 Å². The number of rotatable bonds is 8. The van der Waals surface area contributed by atoms with Gasteiger partial charge in [-0.25, -0.2) is 8.42 Å². The Morgan fingerprint density at radius 1 is 1.13 bits per heavy atom. The fourth-order valence-corrected chi connectivity index (χ4v) is 4.96. The van der Waals surface area contributed by atoms with Crippen molar-refractivity contribution in [1.82, 2.24) is 10.2 Å². The Bertz CT molecular complexity index is 1180. The van der Waals surface area contributed by atoms with Gasteiger partial charge in [0.05, 0.1) is 17.0 Å². The average molecular weight is 499 g/mol. The summed E-state index contributed by atoms with van der Waals surface area (Å²) in [5.41, 5.74) is 2.35. The number of amides is 1. The largest absolute Gasteiger partial charge is 0.301 e. The third-order valence-corrected chi connectivity index (χ3v) is 6.93. The molecule has 31 heavy (non-hydrogen) atoms. The quantitative estimate of drug-likeness (QED) is 0.471. The minimum atomic E-state index is -3.61. The van der Waals surface area contributed by atoms with E-state index < -0.39 is 10.0 Å². The monoisotopic (exact) mass is 498 g/mol. The van der Waals surface area contributed by atoms with Crippen LogP contribution in [0.25, 0.3) is 10.6 Å². The molecule has 11 heteroatoms. The van der Waals surface area contributed by atoms with Crippen LogP contribution in [-0.4, -0.2) is 37.3 Å². The van der Waals surface area contributed by atoms with Crippen molar-refractivity contribution >= 4 is 61.3 Å². The molecular formula is C20H20Cl2N4O3S2. The number of halogens is 2. The van der Waals surface area contributed by atoms with Crippen LogP contribution < -0.4 is 9.62 Å². The Morgan fingerprint density at radius 2 is 1.84 bits per heavy atom. The molecule has 3 rings (SSSR count). The summed E-state index contributed by atoms with van der Waals surface area (Å²) in [6.45, 7) is 2.08. The van der Waals surface area contributed by atoms with E-state index in [0.29, 0.717) is 15.2 Å². The van der Waals surface area contributed by atoms with Crippen molar-refractivity contribution in [1.29, 1.82) is 0 Å². The van der Waals surface area contributed by atoms with E-state index in [4.69, 9.17) is 23.2 Å². The average Bonchev–Trinajstić information content (AvgIpc) is 3.15. The van der Waals surface area contributed by atoms with E-state index in [9.17, 15) is 13.2 Å². The molecule has 0 spiro atoms. The lowest BCUT2D eigenvalue weighted by atomic mass is 10.2. The SMILES string of the molecule is Cc1ccc(-c2nnc(NC(=O)CCCN(c3cc(Cl)ccc3Cl)S(C)(=O)=O)s2)cc1. The third-order valence-electron chi connectivity index (χ3n) is 4.31. The Morgan fingerprint density at radius 3 is 2.52 bits per heavy atom. The van der Waals surface area contributed by atoms with Crippen LogP contribution >= 0.6 is 34.5 Å². The highest BCUT2D eigenvalue weighted by molar-refractivity contribution is 7.92. The molecule has 0 bridgehead atoms. The van der Waals surface area contributed by atoms with Crippen LogP contribution in [0.15, 0.2) is 42.5 Å². The van der Waals surface area contributed by atoms with Crippen molar-refractivity contribution in [3.63, 3.8) is 0 Å². The van der Waals surface area contributed by atoms with Gasteiger partial charge in [-0.15, -0.1) is 10.2 Å². The fraction of sp³-hybridized carbons (Fsp3) is 0.250. The molecule has 0 saturated heterocycles. The standard InChI is InChI=1S/C20H20Cl2N4O3S2/c1-13-5-7-14(8-6-13)19-24-25-20(30-19)23-18(27)4-3-11-26(31(2,28)29)17-12-15(21)9-10-16(17)22/h5-10,12H,3-4,11H2,1-2H3,(H,23,25,27). The second kappa shape index (κ2) is 9.95. The third kappa shape index (κ3) is 6.39. The number of hydrogen-bond donors (Lipinski definition) is 1. The summed E-state index contributed by atoms with van der Waals surface area (Å²) in [6.07, 6.45) is 1.47. The number of aryl methyl sites for hydroxylation is 1. The highest BCUT2D eigenvalue weighted by atomic mass is 35.5. The second-order valence-electron chi connectivity index (χ2n) is 6.86. The number of aromatic nitrogens is 2. The van der Waals surface area contributed by atoms with Gasteiger partial charge in [-0.05, 0) is 31.5 Å². The van der Waals surface area contributed by atoms with Crippen molar-refractivity contribution < 1.29 is 13.2 Å². The van der Waals surface area contributed by atoms with Crippen LogP contribution in [0, 0.1) is 6.92 Å². The zero-order chi connectivity index (χ0) is 22.6. The van der Waals surface area contributed by atoms with E-state index in [2.05, 4.69) is 15.5 Å². The Balaban J connectivity index is 1.60. The first-order valence-electron chi connectivity index (χ1n) is 9.26. The maximum Gasteiger partial charge on any atom is 0.232 e. The maximum absolute atomic E-state index is 12.3. The van der Waals surface area contributed by atoms with E-state index >= 15 is 0 Å². The molecule has 7 nitrogen and oxygen atoms in total. The normalized spacial score (nSPS) is 11.4. The van der Waals surface area contributed by atoms with Crippen LogP contribution in [0.1, 0.15) is 18.4 Å². The zero-order valence-electron chi connectivity index (χ0n) is 16.8. The van der Waals surface area contributed by atoms with Gasteiger partial charge >= 0.3 is 0 Å². The molecule has 1 amide bonds. The molecule has 0 unspecified atom stereocenters.